The number of benzene rings is 1. The minimum Gasteiger partial charge on any atom is -0.370 e. The molecule has 0 spiro atoms. The molecule has 3 N–H and O–H groups in total. The Morgan fingerprint density at radius 2 is 2.04 bits per heavy atom. The molecule has 4 rings (SSSR count). The van der Waals surface area contributed by atoms with Crippen LogP contribution in [-0.2, 0) is 19.4 Å². The Labute approximate surface area is 170 Å². The van der Waals surface area contributed by atoms with E-state index >= 15 is 0 Å². The molecule has 1 aromatic carbocycles. The highest BCUT2D eigenvalue weighted by atomic mass is 127. The maximum absolute atomic E-state index is 6.11. The van der Waals surface area contributed by atoms with Gasteiger partial charge in [-0.2, -0.15) is 0 Å². The fourth-order valence-electron chi connectivity index (χ4n) is 3.47. The minimum absolute atomic E-state index is 0. The fourth-order valence-corrected chi connectivity index (χ4v) is 3.47. The van der Waals surface area contributed by atoms with Crippen LogP contribution in [0.15, 0.2) is 47.7 Å². The van der Waals surface area contributed by atoms with Gasteiger partial charge in [-0.3, -0.25) is 0 Å². The van der Waals surface area contributed by atoms with Gasteiger partial charge in [-0.25, -0.2) is 9.98 Å². The standard InChI is InChI=1S/C20H23N5.HI/c1-14-9-10-19-23-16(13-25(19)12-14)11-22-20(21)24-18-8-4-6-15-5-2-3-7-17(15)18;/h4,6,8-10,12-13H,2-3,5,7,11H2,1H3,(H3,21,22,24);1H. The Morgan fingerprint density at radius 3 is 2.92 bits per heavy atom. The van der Waals surface area contributed by atoms with Crippen LogP contribution in [0.1, 0.15) is 35.2 Å². The first-order valence-electron chi connectivity index (χ1n) is 8.81. The lowest BCUT2D eigenvalue weighted by Gasteiger charge is -2.19. The second-order valence-corrected chi connectivity index (χ2v) is 6.68. The molecule has 0 fully saturated rings. The number of anilines is 1. The molecular formula is C20H24IN5. The number of aryl methyl sites for hydroxylation is 2. The molecular weight excluding hydrogens is 437 g/mol. The SMILES string of the molecule is Cc1ccc2nc(CN=C(N)Nc3cccc4c3CCCC4)cn2c1.I. The van der Waals surface area contributed by atoms with E-state index in [1.807, 2.05) is 16.7 Å². The second-order valence-electron chi connectivity index (χ2n) is 6.68. The summed E-state index contributed by atoms with van der Waals surface area (Å²) in [6.07, 6.45) is 8.84. The van der Waals surface area contributed by atoms with Gasteiger partial charge >= 0.3 is 0 Å². The molecule has 0 unspecified atom stereocenters. The zero-order valence-corrected chi connectivity index (χ0v) is 17.2. The third-order valence-corrected chi connectivity index (χ3v) is 4.72. The first-order chi connectivity index (χ1) is 12.2. The van der Waals surface area contributed by atoms with E-state index in [0.717, 1.165) is 29.9 Å². The van der Waals surface area contributed by atoms with Crippen LogP contribution in [0, 0.1) is 6.92 Å². The minimum atomic E-state index is 0. The molecule has 1 aliphatic rings. The van der Waals surface area contributed by atoms with Gasteiger partial charge in [0.15, 0.2) is 5.96 Å². The number of nitrogens with one attached hydrogen (secondary N) is 1. The molecule has 0 amide bonds. The number of fused-ring (bicyclic) bond motifs is 2. The van der Waals surface area contributed by atoms with E-state index in [9.17, 15) is 0 Å². The average molecular weight is 461 g/mol. The normalized spacial score (nSPS) is 14.0. The number of aliphatic imine (C=N–C) groups is 1. The maximum Gasteiger partial charge on any atom is 0.193 e. The predicted molar refractivity (Wildman–Crippen MR) is 117 cm³/mol. The van der Waals surface area contributed by atoms with Gasteiger partial charge in [-0.15, -0.1) is 24.0 Å². The highest BCUT2D eigenvalue weighted by molar-refractivity contribution is 14.0. The third kappa shape index (κ3) is 4.00. The summed E-state index contributed by atoms with van der Waals surface area (Å²) >= 11 is 0. The summed E-state index contributed by atoms with van der Waals surface area (Å²) in [6.45, 7) is 2.54. The topological polar surface area (TPSA) is 67.7 Å². The van der Waals surface area contributed by atoms with Crippen LogP contribution < -0.4 is 11.1 Å². The van der Waals surface area contributed by atoms with Gasteiger partial charge in [0.25, 0.3) is 0 Å². The highest BCUT2D eigenvalue weighted by Gasteiger charge is 2.13. The number of hydrogen-bond donors (Lipinski definition) is 2. The molecule has 0 atom stereocenters. The van der Waals surface area contributed by atoms with Crippen LogP contribution >= 0.6 is 24.0 Å². The number of hydrogen-bond acceptors (Lipinski definition) is 2. The highest BCUT2D eigenvalue weighted by Crippen LogP contribution is 2.27. The van der Waals surface area contributed by atoms with Crippen molar-refractivity contribution >= 4 is 41.3 Å². The summed E-state index contributed by atoms with van der Waals surface area (Å²) in [5.74, 6) is 0.437. The molecule has 0 radical (unpaired) electrons. The molecule has 136 valence electrons. The van der Waals surface area contributed by atoms with Crippen molar-refractivity contribution in [2.75, 3.05) is 5.32 Å². The van der Waals surface area contributed by atoms with Crippen LogP contribution in [0.2, 0.25) is 0 Å². The Hall–Kier alpha value is -2.09. The van der Waals surface area contributed by atoms with Gasteiger partial charge in [0.1, 0.15) is 5.65 Å². The monoisotopic (exact) mass is 461 g/mol. The molecule has 6 heteroatoms. The van der Waals surface area contributed by atoms with Crippen LogP contribution in [0.4, 0.5) is 5.69 Å². The number of guanidine groups is 1. The summed E-state index contributed by atoms with van der Waals surface area (Å²) < 4.78 is 2.03. The maximum atomic E-state index is 6.11. The Bertz CT molecular complexity index is 945. The van der Waals surface area contributed by atoms with E-state index in [1.165, 1.54) is 29.5 Å². The van der Waals surface area contributed by atoms with Crippen molar-refractivity contribution in [1.82, 2.24) is 9.38 Å². The summed E-state index contributed by atoms with van der Waals surface area (Å²) in [5.41, 5.74) is 13.1. The van der Waals surface area contributed by atoms with Crippen LogP contribution in [-0.4, -0.2) is 15.3 Å². The van der Waals surface area contributed by atoms with E-state index in [4.69, 9.17) is 5.73 Å². The number of nitrogens with two attached hydrogens (primary N) is 1. The second kappa shape index (κ2) is 8.07. The van der Waals surface area contributed by atoms with Crippen LogP contribution in [0.5, 0.6) is 0 Å². The number of imidazole rings is 1. The van der Waals surface area contributed by atoms with Gasteiger partial charge in [-0.05, 0) is 61.4 Å². The number of halogens is 1. The average Bonchev–Trinajstić information content (AvgIpc) is 3.02. The first kappa shape index (κ1) is 18.7. The third-order valence-electron chi connectivity index (χ3n) is 4.72. The Balaban J connectivity index is 0.00000196. The number of aromatic nitrogens is 2. The smallest absolute Gasteiger partial charge is 0.193 e. The molecule has 0 bridgehead atoms. The lowest BCUT2D eigenvalue weighted by atomic mass is 9.90. The number of nitrogens with zero attached hydrogens (tertiary/aromatic N) is 3. The lowest BCUT2D eigenvalue weighted by molar-refractivity contribution is 0.687. The largest absolute Gasteiger partial charge is 0.370 e. The number of rotatable bonds is 3. The van der Waals surface area contributed by atoms with E-state index in [1.54, 1.807) is 0 Å². The molecule has 0 saturated carbocycles. The zero-order valence-electron chi connectivity index (χ0n) is 14.9. The molecule has 1 aliphatic carbocycles. The van der Waals surface area contributed by atoms with E-state index in [2.05, 4.69) is 52.7 Å². The summed E-state index contributed by atoms with van der Waals surface area (Å²) in [6, 6.07) is 10.5. The van der Waals surface area contributed by atoms with E-state index < -0.39 is 0 Å². The van der Waals surface area contributed by atoms with Crippen molar-refractivity contribution in [2.24, 2.45) is 10.7 Å². The zero-order chi connectivity index (χ0) is 17.2. The van der Waals surface area contributed by atoms with Crippen molar-refractivity contribution < 1.29 is 0 Å². The van der Waals surface area contributed by atoms with Gasteiger partial charge < -0.3 is 15.5 Å². The molecule has 0 saturated heterocycles. The molecule has 2 heterocycles. The summed E-state index contributed by atoms with van der Waals surface area (Å²) in [5, 5.41) is 3.28. The Morgan fingerprint density at radius 1 is 1.19 bits per heavy atom. The van der Waals surface area contributed by atoms with Gasteiger partial charge in [0.2, 0.25) is 0 Å². The predicted octanol–water partition coefficient (Wildman–Crippen LogP) is 4.07. The van der Waals surface area contributed by atoms with E-state index in [0.29, 0.717) is 12.5 Å². The first-order valence-corrected chi connectivity index (χ1v) is 8.81. The van der Waals surface area contributed by atoms with Crippen molar-refractivity contribution in [3.05, 3.63) is 65.1 Å². The van der Waals surface area contributed by atoms with E-state index in [-0.39, 0.29) is 24.0 Å². The van der Waals surface area contributed by atoms with Crippen LogP contribution in [0.3, 0.4) is 0 Å². The van der Waals surface area contributed by atoms with Crippen LogP contribution in [0.25, 0.3) is 5.65 Å². The Kier molecular flexibility index (Phi) is 5.80. The fraction of sp³-hybridized carbons (Fsp3) is 0.300. The van der Waals surface area contributed by atoms with Gasteiger partial charge in [0, 0.05) is 18.1 Å². The quantitative estimate of drug-likeness (QED) is 0.351. The summed E-state index contributed by atoms with van der Waals surface area (Å²) in [7, 11) is 0. The van der Waals surface area contributed by atoms with Crippen molar-refractivity contribution in [3.63, 3.8) is 0 Å². The summed E-state index contributed by atoms with van der Waals surface area (Å²) in [4.78, 5) is 9.04. The molecule has 2 aromatic heterocycles. The molecule has 26 heavy (non-hydrogen) atoms. The molecule has 3 aromatic rings. The number of pyridine rings is 1. The van der Waals surface area contributed by atoms with Crippen molar-refractivity contribution in [2.45, 2.75) is 39.2 Å². The van der Waals surface area contributed by atoms with Gasteiger partial charge in [0.05, 0.1) is 12.2 Å². The van der Waals surface area contributed by atoms with Crippen molar-refractivity contribution in [3.8, 4) is 0 Å². The van der Waals surface area contributed by atoms with Gasteiger partial charge in [-0.1, -0.05) is 18.2 Å². The lowest BCUT2D eigenvalue weighted by Crippen LogP contribution is -2.24. The van der Waals surface area contributed by atoms with Crippen molar-refractivity contribution in [1.29, 1.82) is 0 Å². The molecule has 5 nitrogen and oxygen atoms in total. The molecule has 0 aliphatic heterocycles.